The maximum Gasteiger partial charge on any atom is 0.151 e. The number of benzene rings is 1. The van der Waals surface area contributed by atoms with Crippen LogP contribution in [0.5, 0.6) is 5.75 Å². The zero-order valence-electron chi connectivity index (χ0n) is 19.0. The number of nitrogens with zero attached hydrogens (tertiary/aromatic N) is 5. The number of hydrogen-bond acceptors (Lipinski definition) is 8. The Morgan fingerprint density at radius 1 is 1.21 bits per heavy atom. The summed E-state index contributed by atoms with van der Waals surface area (Å²) in [5, 5.41) is 18.0. The lowest BCUT2D eigenvalue weighted by molar-refractivity contribution is 0.182. The van der Waals surface area contributed by atoms with E-state index in [1.807, 2.05) is 36.1 Å². The van der Waals surface area contributed by atoms with Gasteiger partial charge in [-0.15, -0.1) is 0 Å². The average molecular weight is 458 g/mol. The van der Waals surface area contributed by atoms with E-state index in [1.54, 1.807) is 6.20 Å². The van der Waals surface area contributed by atoms with E-state index in [0.717, 1.165) is 59.9 Å². The number of ether oxygens (including phenoxy) is 1. The van der Waals surface area contributed by atoms with Gasteiger partial charge in [-0.25, -0.2) is 19.6 Å². The molecule has 1 aliphatic carbocycles. The number of hydrogen-bond donors (Lipinski definition) is 3. The molecule has 0 saturated heterocycles. The summed E-state index contributed by atoms with van der Waals surface area (Å²) in [5.74, 6) is 2.04. The monoisotopic (exact) mass is 457 g/mol. The van der Waals surface area contributed by atoms with Crippen molar-refractivity contribution in [2.75, 3.05) is 17.7 Å². The lowest BCUT2D eigenvalue weighted by Gasteiger charge is -2.17. The molecule has 4 heterocycles. The Kier molecular flexibility index (Phi) is 5.06. The molecule has 2 atom stereocenters. The highest BCUT2D eigenvalue weighted by atomic mass is 16.5. The fourth-order valence-corrected chi connectivity index (χ4v) is 4.87. The van der Waals surface area contributed by atoms with Crippen molar-refractivity contribution in [1.29, 1.82) is 0 Å². The first kappa shape index (κ1) is 20.9. The Hall–Kier alpha value is -3.72. The summed E-state index contributed by atoms with van der Waals surface area (Å²) in [6, 6.07) is 6.30. The molecule has 174 valence electrons. The summed E-state index contributed by atoms with van der Waals surface area (Å²) in [6.45, 7) is 2.77. The Morgan fingerprint density at radius 2 is 2.12 bits per heavy atom. The highest BCUT2D eigenvalue weighted by Gasteiger charge is 2.25. The highest BCUT2D eigenvalue weighted by Crippen LogP contribution is 2.33. The summed E-state index contributed by atoms with van der Waals surface area (Å²) in [6.07, 6.45) is 9.31. The summed E-state index contributed by atoms with van der Waals surface area (Å²) in [7, 11) is 0. The molecule has 0 bridgehead atoms. The van der Waals surface area contributed by atoms with Gasteiger partial charge in [-0.3, -0.25) is 0 Å². The van der Waals surface area contributed by atoms with Crippen LogP contribution in [0.15, 0.2) is 36.8 Å². The summed E-state index contributed by atoms with van der Waals surface area (Å²) >= 11 is 0. The van der Waals surface area contributed by atoms with Crippen molar-refractivity contribution in [3.05, 3.63) is 48.0 Å². The third kappa shape index (κ3) is 3.62. The molecule has 0 spiro atoms. The van der Waals surface area contributed by atoms with Crippen LogP contribution in [-0.4, -0.2) is 48.6 Å². The molecule has 1 aliphatic heterocycles. The second kappa shape index (κ2) is 8.25. The van der Waals surface area contributed by atoms with Crippen LogP contribution in [0.3, 0.4) is 0 Å². The number of nitrogens with two attached hydrogens (primary N) is 1. The standard InChI is InChI=1S/C25H27N7O2/c1-2-20-25(29-16-3-5-18(33)10-16)31-22-19(12-27-24(26)23(22)30-20)15-11-28-32(13-15)17-4-6-21-14(9-17)7-8-34-21/h4,6,9,11-13,16,18,33H,2-3,5,7-8,10H2,1H3,(H2,26,27)(H,29,31)/t16-,18+/m1/s1. The first-order valence-corrected chi connectivity index (χ1v) is 11.8. The van der Waals surface area contributed by atoms with Crippen molar-refractivity contribution >= 4 is 22.7 Å². The van der Waals surface area contributed by atoms with Crippen LogP contribution >= 0.6 is 0 Å². The lowest BCUT2D eigenvalue weighted by Crippen LogP contribution is -2.19. The topological polar surface area (TPSA) is 124 Å². The van der Waals surface area contributed by atoms with Crippen LogP contribution in [0.4, 0.5) is 11.6 Å². The zero-order chi connectivity index (χ0) is 23.2. The summed E-state index contributed by atoms with van der Waals surface area (Å²) < 4.78 is 7.47. The van der Waals surface area contributed by atoms with Gasteiger partial charge in [0.2, 0.25) is 0 Å². The van der Waals surface area contributed by atoms with Gasteiger partial charge in [-0.1, -0.05) is 6.92 Å². The van der Waals surface area contributed by atoms with E-state index in [4.69, 9.17) is 20.4 Å². The van der Waals surface area contributed by atoms with Gasteiger partial charge in [0.1, 0.15) is 22.6 Å². The fourth-order valence-electron chi connectivity index (χ4n) is 4.87. The molecular formula is C25H27N7O2. The predicted molar refractivity (Wildman–Crippen MR) is 130 cm³/mol. The number of pyridine rings is 1. The molecule has 4 N–H and O–H groups in total. The van der Waals surface area contributed by atoms with Crippen LogP contribution in [0.25, 0.3) is 27.8 Å². The molecule has 0 amide bonds. The van der Waals surface area contributed by atoms with Crippen molar-refractivity contribution in [3.8, 4) is 22.6 Å². The van der Waals surface area contributed by atoms with Crippen LogP contribution in [0.1, 0.15) is 37.4 Å². The minimum absolute atomic E-state index is 0.182. The van der Waals surface area contributed by atoms with Crippen LogP contribution in [0.2, 0.25) is 0 Å². The van der Waals surface area contributed by atoms with Crippen LogP contribution in [-0.2, 0) is 12.8 Å². The van der Waals surface area contributed by atoms with Gasteiger partial charge < -0.3 is 20.9 Å². The first-order chi connectivity index (χ1) is 16.6. The largest absolute Gasteiger partial charge is 0.493 e. The molecule has 9 heteroatoms. The third-order valence-electron chi connectivity index (χ3n) is 6.71. The zero-order valence-corrected chi connectivity index (χ0v) is 19.0. The minimum atomic E-state index is -0.261. The van der Waals surface area contributed by atoms with Gasteiger partial charge in [0.25, 0.3) is 0 Å². The van der Waals surface area contributed by atoms with Crippen molar-refractivity contribution in [3.63, 3.8) is 0 Å². The average Bonchev–Trinajstić information content (AvgIpc) is 3.59. The van der Waals surface area contributed by atoms with E-state index < -0.39 is 0 Å². The van der Waals surface area contributed by atoms with Crippen LogP contribution in [0, 0.1) is 0 Å². The van der Waals surface area contributed by atoms with E-state index in [1.165, 1.54) is 5.56 Å². The van der Waals surface area contributed by atoms with Crippen molar-refractivity contribution in [2.24, 2.45) is 0 Å². The number of nitrogen functional groups attached to an aromatic ring is 1. The number of aromatic nitrogens is 5. The Bertz CT molecular complexity index is 1380. The molecule has 9 nitrogen and oxygen atoms in total. The summed E-state index contributed by atoms with van der Waals surface area (Å²) in [4.78, 5) is 14.2. The molecular weight excluding hydrogens is 430 g/mol. The number of aryl methyl sites for hydroxylation is 1. The third-order valence-corrected chi connectivity index (χ3v) is 6.71. The Labute approximate surface area is 197 Å². The first-order valence-electron chi connectivity index (χ1n) is 11.8. The SMILES string of the molecule is CCc1nc2c(N)ncc(-c3cnn(-c4ccc5c(c4)CCO5)c3)c2nc1N[C@@H]1CC[C@H](O)C1. The number of aliphatic hydroxyl groups is 1. The molecule has 0 unspecified atom stereocenters. The second-order valence-corrected chi connectivity index (χ2v) is 9.00. The van der Waals surface area contributed by atoms with Crippen LogP contribution < -0.4 is 15.8 Å². The molecule has 1 fully saturated rings. The van der Waals surface area contributed by atoms with Gasteiger partial charge >= 0.3 is 0 Å². The van der Waals surface area contributed by atoms with Gasteiger partial charge in [-0.05, 0) is 49.4 Å². The maximum absolute atomic E-state index is 9.94. The number of rotatable bonds is 5. The van der Waals surface area contributed by atoms with Gasteiger partial charge in [0, 0.05) is 36.0 Å². The van der Waals surface area contributed by atoms with Gasteiger partial charge in [0.05, 0.1) is 30.3 Å². The van der Waals surface area contributed by atoms with Crippen molar-refractivity contribution in [2.45, 2.75) is 51.2 Å². The quantitative estimate of drug-likeness (QED) is 0.417. The van der Waals surface area contributed by atoms with E-state index >= 15 is 0 Å². The second-order valence-electron chi connectivity index (χ2n) is 9.00. The molecule has 1 saturated carbocycles. The van der Waals surface area contributed by atoms with Crippen molar-refractivity contribution < 1.29 is 9.84 Å². The number of fused-ring (bicyclic) bond motifs is 2. The molecule has 0 radical (unpaired) electrons. The Balaban J connectivity index is 1.41. The molecule has 2 aliphatic rings. The van der Waals surface area contributed by atoms with Gasteiger partial charge in [0.15, 0.2) is 5.82 Å². The van der Waals surface area contributed by atoms with E-state index in [9.17, 15) is 5.11 Å². The Morgan fingerprint density at radius 3 is 2.94 bits per heavy atom. The number of aliphatic hydroxyl groups excluding tert-OH is 1. The molecule has 1 aromatic carbocycles. The van der Waals surface area contributed by atoms with Crippen molar-refractivity contribution in [1.82, 2.24) is 24.7 Å². The fraction of sp³-hybridized carbons (Fsp3) is 0.360. The van der Waals surface area contributed by atoms with E-state index in [0.29, 0.717) is 29.7 Å². The molecule has 3 aromatic heterocycles. The van der Waals surface area contributed by atoms with E-state index in [-0.39, 0.29) is 12.1 Å². The normalized spacial score (nSPS) is 19.4. The van der Waals surface area contributed by atoms with Gasteiger partial charge in [-0.2, -0.15) is 5.10 Å². The lowest BCUT2D eigenvalue weighted by atomic mass is 10.1. The highest BCUT2D eigenvalue weighted by molar-refractivity contribution is 5.96. The molecule has 34 heavy (non-hydrogen) atoms. The maximum atomic E-state index is 9.94. The smallest absolute Gasteiger partial charge is 0.151 e. The summed E-state index contributed by atoms with van der Waals surface area (Å²) in [5.41, 5.74) is 12.2. The number of nitrogens with one attached hydrogen (secondary N) is 1. The minimum Gasteiger partial charge on any atom is -0.493 e. The predicted octanol–water partition coefficient (Wildman–Crippen LogP) is 3.28. The van der Waals surface area contributed by atoms with E-state index in [2.05, 4.69) is 21.5 Å². The molecule has 6 rings (SSSR count). The number of anilines is 2. The molecule has 4 aromatic rings.